The van der Waals surface area contributed by atoms with Crippen LogP contribution in [0.5, 0.6) is 0 Å². The largest absolute Gasteiger partial charge is 0.313 e. The Labute approximate surface area is 91.3 Å². The van der Waals surface area contributed by atoms with E-state index in [4.69, 9.17) is 0 Å². The molecule has 2 aliphatic heterocycles. The van der Waals surface area contributed by atoms with Crippen LogP contribution in [0.1, 0.15) is 13.3 Å². The highest BCUT2D eigenvalue weighted by Gasteiger charge is 2.31. The van der Waals surface area contributed by atoms with Crippen LogP contribution in [0.3, 0.4) is 0 Å². The van der Waals surface area contributed by atoms with Gasteiger partial charge in [0.25, 0.3) is 0 Å². The zero-order valence-corrected chi connectivity index (χ0v) is 9.83. The first kappa shape index (κ1) is 11.1. The third-order valence-electron chi connectivity index (χ3n) is 3.09. The second-order valence-corrected chi connectivity index (χ2v) is 6.19. The zero-order valence-electron chi connectivity index (χ0n) is 9.02. The Bertz CT molecular complexity index is 350. The van der Waals surface area contributed by atoms with Gasteiger partial charge in [-0.3, -0.25) is 4.90 Å². The average molecular weight is 230 g/mol. The van der Waals surface area contributed by atoms with Crippen LogP contribution < -0.4 is 5.32 Å². The zero-order chi connectivity index (χ0) is 10.9. The second kappa shape index (κ2) is 4.23. The summed E-state index contributed by atoms with van der Waals surface area (Å²) in [5.41, 5.74) is 0. The Morgan fingerprint density at radius 3 is 2.93 bits per heavy atom. The maximum Gasteiger partial charge on any atom is 0.173 e. The van der Waals surface area contributed by atoms with Crippen LogP contribution in [0.2, 0.25) is 0 Å². The Balaban J connectivity index is 1.90. The molecule has 0 aromatic heterocycles. The predicted octanol–water partition coefficient (Wildman–Crippen LogP) is -0.0191. The molecule has 0 spiro atoms. The predicted molar refractivity (Wildman–Crippen MR) is 60.4 cm³/mol. The Morgan fingerprint density at radius 2 is 2.33 bits per heavy atom. The smallest absolute Gasteiger partial charge is 0.173 e. The van der Waals surface area contributed by atoms with Gasteiger partial charge in [-0.1, -0.05) is 13.0 Å². The molecule has 2 unspecified atom stereocenters. The SMILES string of the molecule is CCNC1CCN(C2C=CS(=O)(=O)C2)C1. The normalized spacial score (nSPS) is 35.0. The lowest BCUT2D eigenvalue weighted by atomic mass is 10.2. The van der Waals surface area contributed by atoms with Gasteiger partial charge in [-0.2, -0.15) is 0 Å². The molecule has 0 aromatic carbocycles. The fourth-order valence-corrected chi connectivity index (χ4v) is 3.66. The first-order valence-electron chi connectivity index (χ1n) is 5.49. The van der Waals surface area contributed by atoms with E-state index in [2.05, 4.69) is 17.1 Å². The molecule has 1 N–H and O–H groups in total. The van der Waals surface area contributed by atoms with Crippen molar-refractivity contribution in [2.75, 3.05) is 25.4 Å². The molecule has 0 aliphatic carbocycles. The molecule has 1 fully saturated rings. The summed E-state index contributed by atoms with van der Waals surface area (Å²) in [4.78, 5) is 2.26. The van der Waals surface area contributed by atoms with Crippen molar-refractivity contribution in [3.63, 3.8) is 0 Å². The van der Waals surface area contributed by atoms with Crippen molar-refractivity contribution in [1.29, 1.82) is 0 Å². The topological polar surface area (TPSA) is 49.4 Å². The summed E-state index contributed by atoms with van der Waals surface area (Å²) in [5.74, 6) is 0.270. The van der Waals surface area contributed by atoms with E-state index >= 15 is 0 Å². The maximum atomic E-state index is 11.3. The molecule has 2 heterocycles. The molecule has 5 heteroatoms. The van der Waals surface area contributed by atoms with Crippen LogP contribution >= 0.6 is 0 Å². The van der Waals surface area contributed by atoms with Crippen LogP contribution in [-0.2, 0) is 9.84 Å². The molecule has 0 aromatic rings. The summed E-state index contributed by atoms with van der Waals surface area (Å²) < 4.78 is 22.6. The molecular formula is C10H18N2O2S. The number of nitrogens with one attached hydrogen (secondary N) is 1. The summed E-state index contributed by atoms with van der Waals surface area (Å²) in [6.45, 7) is 5.06. The minimum atomic E-state index is -2.91. The van der Waals surface area contributed by atoms with Gasteiger partial charge in [0.1, 0.15) is 0 Å². The van der Waals surface area contributed by atoms with Gasteiger partial charge < -0.3 is 5.32 Å². The van der Waals surface area contributed by atoms with Crippen molar-refractivity contribution >= 4 is 9.84 Å². The molecule has 86 valence electrons. The van der Waals surface area contributed by atoms with Gasteiger partial charge in [0.15, 0.2) is 9.84 Å². The van der Waals surface area contributed by atoms with Crippen molar-refractivity contribution < 1.29 is 8.42 Å². The van der Waals surface area contributed by atoms with Gasteiger partial charge in [-0.05, 0) is 13.0 Å². The number of hydrogen-bond acceptors (Lipinski definition) is 4. The lowest BCUT2D eigenvalue weighted by Gasteiger charge is -2.21. The molecule has 2 aliphatic rings. The van der Waals surface area contributed by atoms with Gasteiger partial charge in [0, 0.05) is 30.6 Å². The number of likely N-dealkylation sites (tertiary alicyclic amines) is 1. The monoisotopic (exact) mass is 230 g/mol. The number of hydrogen-bond donors (Lipinski definition) is 1. The van der Waals surface area contributed by atoms with Crippen molar-refractivity contribution in [2.45, 2.75) is 25.4 Å². The summed E-state index contributed by atoms with van der Waals surface area (Å²) in [7, 11) is -2.91. The maximum absolute atomic E-state index is 11.3. The second-order valence-electron chi connectivity index (χ2n) is 4.26. The van der Waals surface area contributed by atoms with Gasteiger partial charge in [0.2, 0.25) is 0 Å². The molecule has 0 radical (unpaired) electrons. The molecule has 1 saturated heterocycles. The summed E-state index contributed by atoms with van der Waals surface area (Å²) in [6.07, 6.45) is 2.95. The summed E-state index contributed by atoms with van der Waals surface area (Å²) in [5, 5.41) is 4.76. The highest BCUT2D eigenvalue weighted by Crippen LogP contribution is 2.19. The van der Waals surface area contributed by atoms with Crippen molar-refractivity contribution in [1.82, 2.24) is 10.2 Å². The Hall–Kier alpha value is -0.390. The van der Waals surface area contributed by atoms with Crippen molar-refractivity contribution in [3.05, 3.63) is 11.5 Å². The number of rotatable bonds is 3. The molecule has 2 rings (SSSR count). The van der Waals surface area contributed by atoms with E-state index in [9.17, 15) is 8.42 Å². The molecular weight excluding hydrogens is 212 g/mol. The molecule has 4 nitrogen and oxygen atoms in total. The summed E-state index contributed by atoms with van der Waals surface area (Å²) >= 11 is 0. The lowest BCUT2D eigenvalue weighted by molar-refractivity contribution is 0.295. The van der Waals surface area contributed by atoms with Crippen LogP contribution in [0.25, 0.3) is 0 Å². The Kier molecular flexibility index (Phi) is 3.13. The van der Waals surface area contributed by atoms with E-state index < -0.39 is 9.84 Å². The number of likely N-dealkylation sites (N-methyl/N-ethyl adjacent to an activating group) is 1. The van der Waals surface area contributed by atoms with Crippen LogP contribution in [0.4, 0.5) is 0 Å². The van der Waals surface area contributed by atoms with Crippen LogP contribution in [0, 0.1) is 0 Å². The molecule has 2 atom stereocenters. The number of sulfone groups is 1. The van der Waals surface area contributed by atoms with Crippen molar-refractivity contribution in [2.24, 2.45) is 0 Å². The highest BCUT2D eigenvalue weighted by atomic mass is 32.2. The fraction of sp³-hybridized carbons (Fsp3) is 0.800. The van der Waals surface area contributed by atoms with E-state index in [0.717, 1.165) is 26.1 Å². The van der Waals surface area contributed by atoms with Gasteiger partial charge >= 0.3 is 0 Å². The molecule has 0 saturated carbocycles. The van der Waals surface area contributed by atoms with Crippen LogP contribution in [-0.4, -0.2) is 50.8 Å². The summed E-state index contributed by atoms with van der Waals surface area (Å²) in [6, 6.07) is 0.644. The molecule has 0 amide bonds. The fourth-order valence-electron chi connectivity index (χ4n) is 2.33. The first-order valence-corrected chi connectivity index (χ1v) is 7.20. The van der Waals surface area contributed by atoms with Crippen LogP contribution in [0.15, 0.2) is 11.5 Å². The lowest BCUT2D eigenvalue weighted by Crippen LogP contribution is -2.37. The average Bonchev–Trinajstić information content (AvgIpc) is 2.73. The van der Waals surface area contributed by atoms with Gasteiger partial charge in [0.05, 0.1) is 5.75 Å². The first-order chi connectivity index (χ1) is 7.11. The minimum Gasteiger partial charge on any atom is -0.313 e. The van der Waals surface area contributed by atoms with Gasteiger partial charge in [-0.25, -0.2) is 8.42 Å². The minimum absolute atomic E-state index is 0.110. The third-order valence-corrected chi connectivity index (χ3v) is 4.47. The highest BCUT2D eigenvalue weighted by molar-refractivity contribution is 7.94. The van der Waals surface area contributed by atoms with E-state index in [0.29, 0.717) is 6.04 Å². The number of nitrogens with zero attached hydrogens (tertiary/aromatic N) is 1. The van der Waals surface area contributed by atoms with E-state index in [-0.39, 0.29) is 11.8 Å². The third kappa shape index (κ3) is 2.59. The molecule has 0 bridgehead atoms. The van der Waals surface area contributed by atoms with E-state index in [1.54, 1.807) is 0 Å². The van der Waals surface area contributed by atoms with Gasteiger partial charge in [-0.15, -0.1) is 0 Å². The standard InChI is InChI=1S/C10H18N2O2S/c1-2-11-9-3-5-12(7-9)10-4-6-15(13,14)8-10/h4,6,9-11H,2-3,5,7-8H2,1H3. The van der Waals surface area contributed by atoms with Crippen molar-refractivity contribution in [3.8, 4) is 0 Å². The van der Waals surface area contributed by atoms with E-state index in [1.807, 2.05) is 6.08 Å². The Morgan fingerprint density at radius 1 is 1.53 bits per heavy atom. The van der Waals surface area contributed by atoms with E-state index in [1.165, 1.54) is 5.41 Å². The quantitative estimate of drug-likeness (QED) is 0.740. The molecule has 15 heavy (non-hydrogen) atoms.